The van der Waals surface area contributed by atoms with Crippen LogP contribution >= 0.6 is 0 Å². The molecule has 3 aromatic rings. The molecule has 0 atom stereocenters. The second-order valence-electron chi connectivity index (χ2n) is 6.73. The zero-order chi connectivity index (χ0) is 20.8. The van der Waals surface area contributed by atoms with Crippen molar-refractivity contribution < 1.29 is 14.5 Å². The van der Waals surface area contributed by atoms with Crippen LogP contribution in [0.1, 0.15) is 27.0 Å². The normalized spacial score (nSPS) is 10.6. The molecule has 0 fully saturated rings. The van der Waals surface area contributed by atoms with Gasteiger partial charge in [0.15, 0.2) is 0 Å². The lowest BCUT2D eigenvalue weighted by atomic mass is 10.1. The van der Waals surface area contributed by atoms with Gasteiger partial charge in [-0.1, -0.05) is 24.3 Å². The molecule has 0 bridgehead atoms. The maximum Gasteiger partial charge on any atom is 0.306 e. The van der Waals surface area contributed by atoms with Crippen LogP contribution in [0.4, 0.5) is 5.69 Å². The third kappa shape index (κ3) is 5.41. The molecule has 150 valence electrons. The Morgan fingerprint density at radius 2 is 2.07 bits per heavy atom. The zero-order valence-corrected chi connectivity index (χ0v) is 16.3. The Hall–Kier alpha value is -3.68. The molecule has 0 radical (unpaired) electrons. The highest BCUT2D eigenvalue weighted by Gasteiger charge is 2.10. The van der Waals surface area contributed by atoms with E-state index in [0.29, 0.717) is 25.3 Å². The van der Waals surface area contributed by atoms with Gasteiger partial charge in [-0.3, -0.25) is 19.6 Å². The van der Waals surface area contributed by atoms with Gasteiger partial charge in [0.2, 0.25) is 0 Å². The molecule has 0 unspecified atom stereocenters. The predicted octanol–water partition coefficient (Wildman–Crippen LogP) is 3.42. The first kappa shape index (κ1) is 20.1. The third-order valence-electron chi connectivity index (χ3n) is 4.38. The first-order valence-electron chi connectivity index (χ1n) is 9.16. The maximum absolute atomic E-state index is 12.4. The second kappa shape index (κ2) is 9.01. The topological polar surface area (TPSA) is 99.3 Å². The van der Waals surface area contributed by atoms with E-state index >= 15 is 0 Å². The summed E-state index contributed by atoms with van der Waals surface area (Å²) in [4.78, 5) is 22.5. The van der Waals surface area contributed by atoms with Crippen LogP contribution < -0.4 is 10.1 Å². The van der Waals surface area contributed by atoms with Crippen molar-refractivity contribution in [2.75, 3.05) is 6.54 Å². The lowest BCUT2D eigenvalue weighted by Crippen LogP contribution is -2.27. The van der Waals surface area contributed by atoms with Gasteiger partial charge in [0.05, 0.1) is 11.5 Å². The van der Waals surface area contributed by atoms with Gasteiger partial charge in [0.25, 0.3) is 5.91 Å². The number of aromatic nitrogens is 2. The molecule has 2 aromatic carbocycles. The van der Waals surface area contributed by atoms with Gasteiger partial charge >= 0.3 is 5.69 Å². The smallest absolute Gasteiger partial charge is 0.306 e. The highest BCUT2D eigenvalue weighted by atomic mass is 16.6. The molecule has 0 aliphatic rings. The Bertz CT molecular complexity index is 1030. The monoisotopic (exact) mass is 394 g/mol. The molecule has 3 rings (SSSR count). The quantitative estimate of drug-likeness (QED) is 0.466. The van der Waals surface area contributed by atoms with Crippen LogP contribution in [0.25, 0.3) is 0 Å². The van der Waals surface area contributed by atoms with Gasteiger partial charge < -0.3 is 10.1 Å². The number of benzene rings is 2. The number of hydrogen-bond acceptors (Lipinski definition) is 5. The Labute approximate surface area is 168 Å². The van der Waals surface area contributed by atoms with Crippen molar-refractivity contribution in [1.29, 1.82) is 0 Å². The van der Waals surface area contributed by atoms with Gasteiger partial charge in [0, 0.05) is 12.1 Å². The van der Waals surface area contributed by atoms with Crippen LogP contribution in [0.3, 0.4) is 0 Å². The highest BCUT2D eigenvalue weighted by Crippen LogP contribution is 2.20. The highest BCUT2D eigenvalue weighted by molar-refractivity contribution is 5.94. The van der Waals surface area contributed by atoms with E-state index in [1.165, 1.54) is 17.1 Å². The number of amides is 1. The minimum Gasteiger partial charge on any atom is -0.489 e. The second-order valence-corrected chi connectivity index (χ2v) is 6.73. The minimum absolute atomic E-state index is 0.0760. The largest absolute Gasteiger partial charge is 0.489 e. The fourth-order valence-electron chi connectivity index (χ4n) is 2.78. The van der Waals surface area contributed by atoms with Crippen molar-refractivity contribution in [2.24, 2.45) is 0 Å². The fourth-order valence-corrected chi connectivity index (χ4v) is 2.78. The van der Waals surface area contributed by atoms with Crippen molar-refractivity contribution in [3.63, 3.8) is 0 Å². The van der Waals surface area contributed by atoms with E-state index in [0.717, 1.165) is 22.4 Å². The molecule has 1 aromatic heterocycles. The maximum atomic E-state index is 12.4. The molecule has 8 heteroatoms. The number of nitro groups is 1. The fraction of sp³-hybridized carbons (Fsp3) is 0.238. The lowest BCUT2D eigenvalue weighted by molar-refractivity contribution is -0.385. The van der Waals surface area contributed by atoms with Crippen LogP contribution in [0.5, 0.6) is 5.75 Å². The summed E-state index contributed by atoms with van der Waals surface area (Å²) in [5, 5.41) is 17.4. The number of ether oxygens (including phenoxy) is 1. The van der Waals surface area contributed by atoms with Crippen LogP contribution in [0.2, 0.25) is 0 Å². The summed E-state index contributed by atoms with van der Waals surface area (Å²) in [6, 6.07) is 13.3. The first-order chi connectivity index (χ1) is 13.9. The van der Waals surface area contributed by atoms with Gasteiger partial charge in [-0.05, 0) is 48.7 Å². The predicted molar refractivity (Wildman–Crippen MR) is 108 cm³/mol. The summed E-state index contributed by atoms with van der Waals surface area (Å²) < 4.78 is 7.32. The van der Waals surface area contributed by atoms with E-state index < -0.39 is 4.92 Å². The zero-order valence-electron chi connectivity index (χ0n) is 16.3. The molecule has 1 amide bonds. The van der Waals surface area contributed by atoms with E-state index in [9.17, 15) is 14.9 Å². The first-order valence-corrected chi connectivity index (χ1v) is 9.16. The van der Waals surface area contributed by atoms with Gasteiger partial charge in [-0.2, -0.15) is 5.10 Å². The third-order valence-corrected chi connectivity index (χ3v) is 4.38. The number of carbonyl (C=O) groups is 1. The van der Waals surface area contributed by atoms with E-state index in [1.807, 2.05) is 44.2 Å². The Morgan fingerprint density at radius 1 is 1.24 bits per heavy atom. The van der Waals surface area contributed by atoms with Crippen molar-refractivity contribution in [1.82, 2.24) is 15.1 Å². The molecule has 0 saturated heterocycles. The standard InChI is InChI=1S/C21H22N4O4/c1-15-6-7-16(2)20(10-15)29-14-17-4-3-5-18(11-17)21(26)22-8-9-24-13-19(12-23-24)25(27)28/h3-7,10-13H,8-9,14H2,1-2H3,(H,22,26). The molecular formula is C21H22N4O4. The number of aryl methyl sites for hydroxylation is 2. The number of rotatable bonds is 8. The van der Waals surface area contributed by atoms with Crippen LogP contribution in [-0.4, -0.2) is 27.2 Å². The molecule has 1 heterocycles. The molecule has 0 spiro atoms. The van der Waals surface area contributed by atoms with Crippen LogP contribution in [0.15, 0.2) is 54.9 Å². The van der Waals surface area contributed by atoms with Crippen molar-refractivity contribution in [2.45, 2.75) is 27.0 Å². The average molecular weight is 394 g/mol. The van der Waals surface area contributed by atoms with Gasteiger partial charge in [-0.25, -0.2) is 0 Å². The van der Waals surface area contributed by atoms with Gasteiger partial charge in [0.1, 0.15) is 24.8 Å². The Morgan fingerprint density at radius 3 is 2.83 bits per heavy atom. The van der Waals surface area contributed by atoms with Crippen molar-refractivity contribution in [3.8, 4) is 5.75 Å². The molecule has 8 nitrogen and oxygen atoms in total. The molecule has 29 heavy (non-hydrogen) atoms. The number of carbonyl (C=O) groups excluding carboxylic acids is 1. The van der Waals surface area contributed by atoms with Gasteiger partial charge in [-0.15, -0.1) is 0 Å². The Kier molecular flexibility index (Phi) is 6.23. The van der Waals surface area contributed by atoms with E-state index in [1.54, 1.807) is 12.1 Å². The van der Waals surface area contributed by atoms with Crippen molar-refractivity contribution in [3.05, 3.63) is 87.2 Å². The molecule has 0 aliphatic heterocycles. The summed E-state index contributed by atoms with van der Waals surface area (Å²) in [7, 11) is 0. The summed E-state index contributed by atoms with van der Waals surface area (Å²) in [6.07, 6.45) is 2.51. The molecule has 1 N–H and O–H groups in total. The minimum atomic E-state index is -0.506. The van der Waals surface area contributed by atoms with E-state index in [-0.39, 0.29) is 11.6 Å². The Balaban J connectivity index is 1.54. The molecule has 0 saturated carbocycles. The summed E-state index contributed by atoms with van der Waals surface area (Å²) in [6.45, 7) is 5.02. The number of nitrogens with zero attached hydrogens (tertiary/aromatic N) is 3. The SMILES string of the molecule is Cc1ccc(C)c(OCc2cccc(C(=O)NCCn3cc([N+](=O)[O-])cn3)c2)c1. The average Bonchev–Trinajstić information content (AvgIpc) is 3.18. The van der Waals surface area contributed by atoms with E-state index in [2.05, 4.69) is 10.4 Å². The lowest BCUT2D eigenvalue weighted by Gasteiger charge is -2.11. The molecular weight excluding hydrogens is 372 g/mol. The van der Waals surface area contributed by atoms with Crippen LogP contribution in [0, 0.1) is 24.0 Å². The van der Waals surface area contributed by atoms with Crippen molar-refractivity contribution >= 4 is 11.6 Å². The summed E-state index contributed by atoms with van der Waals surface area (Å²) >= 11 is 0. The number of hydrogen-bond donors (Lipinski definition) is 1. The summed E-state index contributed by atoms with van der Waals surface area (Å²) in [5.74, 6) is 0.605. The number of nitrogens with one attached hydrogen (secondary N) is 1. The van der Waals surface area contributed by atoms with E-state index in [4.69, 9.17) is 4.74 Å². The summed E-state index contributed by atoms with van der Waals surface area (Å²) in [5.41, 5.74) is 3.53. The molecule has 0 aliphatic carbocycles. The van der Waals surface area contributed by atoms with Crippen LogP contribution in [-0.2, 0) is 13.2 Å².